The molecule has 0 atom stereocenters. The highest BCUT2D eigenvalue weighted by Gasteiger charge is 2.19. The highest BCUT2D eigenvalue weighted by Crippen LogP contribution is 2.24. The lowest BCUT2D eigenvalue weighted by Crippen LogP contribution is -2.29. The number of halogens is 1. The molecule has 0 radical (unpaired) electrons. The first kappa shape index (κ1) is 20.7. The van der Waals surface area contributed by atoms with Crippen molar-refractivity contribution < 1.29 is 17.5 Å². The first-order valence-corrected chi connectivity index (χ1v) is 10.2. The third kappa shape index (κ3) is 4.87. The quantitative estimate of drug-likeness (QED) is 0.535. The van der Waals surface area contributed by atoms with E-state index < -0.39 is 15.8 Å². The van der Waals surface area contributed by atoms with Crippen molar-refractivity contribution in [2.75, 3.05) is 25.5 Å². The van der Waals surface area contributed by atoms with E-state index in [1.807, 2.05) is 19.9 Å². The Bertz CT molecular complexity index is 1120. The van der Waals surface area contributed by atoms with Gasteiger partial charge in [-0.1, -0.05) is 0 Å². The predicted molar refractivity (Wildman–Crippen MR) is 105 cm³/mol. The van der Waals surface area contributed by atoms with E-state index in [4.69, 9.17) is 4.74 Å². The van der Waals surface area contributed by atoms with Crippen LogP contribution in [0.25, 0.3) is 5.82 Å². The van der Waals surface area contributed by atoms with Crippen LogP contribution in [-0.2, 0) is 10.0 Å². The molecule has 154 valence electrons. The van der Waals surface area contributed by atoms with Gasteiger partial charge >= 0.3 is 0 Å². The zero-order valence-electron chi connectivity index (χ0n) is 16.2. The summed E-state index contributed by atoms with van der Waals surface area (Å²) in [5, 5.41) is 7.39. The molecular formula is C18H21FN6O3S. The molecule has 1 aromatic carbocycles. The molecule has 0 spiro atoms. The Balaban J connectivity index is 1.63. The molecular weight excluding hydrogens is 399 g/mol. The standard InChI is InChI=1S/C18H21FN6O3S/c1-12-8-13(2)25(24-12)18-10-17(21-11-22-18)20-6-7-23-29(26,27)16-9-14(19)4-5-15(16)28-3/h4-5,8-11,23H,6-7H2,1-3H3,(H,20,21,22). The molecule has 29 heavy (non-hydrogen) atoms. The Kier molecular flexibility index (Phi) is 6.09. The van der Waals surface area contributed by atoms with Gasteiger partial charge in [0.15, 0.2) is 5.82 Å². The Morgan fingerprint density at radius 2 is 1.93 bits per heavy atom. The first-order valence-electron chi connectivity index (χ1n) is 8.73. The van der Waals surface area contributed by atoms with E-state index in [1.165, 1.54) is 19.5 Å². The van der Waals surface area contributed by atoms with Gasteiger partial charge in [0.1, 0.15) is 28.6 Å². The fourth-order valence-corrected chi connectivity index (χ4v) is 3.94. The molecule has 3 aromatic rings. The smallest absolute Gasteiger partial charge is 0.244 e. The van der Waals surface area contributed by atoms with Gasteiger partial charge in [0.05, 0.1) is 12.8 Å². The highest BCUT2D eigenvalue weighted by molar-refractivity contribution is 7.89. The number of nitrogens with one attached hydrogen (secondary N) is 2. The Labute approximate surface area is 168 Å². The maximum atomic E-state index is 13.4. The predicted octanol–water partition coefficient (Wildman–Crippen LogP) is 1.82. The van der Waals surface area contributed by atoms with Crippen LogP contribution < -0.4 is 14.8 Å². The van der Waals surface area contributed by atoms with Gasteiger partial charge in [0, 0.05) is 24.8 Å². The molecule has 0 bridgehead atoms. The van der Waals surface area contributed by atoms with Gasteiger partial charge in [-0.25, -0.2) is 32.2 Å². The van der Waals surface area contributed by atoms with Gasteiger partial charge in [0.2, 0.25) is 10.0 Å². The van der Waals surface area contributed by atoms with Gasteiger partial charge in [-0.05, 0) is 38.1 Å². The lowest BCUT2D eigenvalue weighted by Gasteiger charge is -2.12. The second-order valence-corrected chi connectivity index (χ2v) is 7.96. The summed E-state index contributed by atoms with van der Waals surface area (Å²) in [5.41, 5.74) is 1.81. The van der Waals surface area contributed by atoms with Crippen molar-refractivity contribution in [1.82, 2.24) is 24.5 Å². The number of hydrogen-bond acceptors (Lipinski definition) is 7. The molecule has 0 saturated carbocycles. The van der Waals surface area contributed by atoms with Crippen molar-refractivity contribution in [2.45, 2.75) is 18.7 Å². The van der Waals surface area contributed by atoms with Crippen molar-refractivity contribution in [3.8, 4) is 11.6 Å². The molecule has 0 fully saturated rings. The maximum Gasteiger partial charge on any atom is 0.244 e. The van der Waals surface area contributed by atoms with E-state index in [1.54, 1.807) is 10.7 Å². The summed E-state index contributed by atoms with van der Waals surface area (Å²) in [5.74, 6) is 0.516. The van der Waals surface area contributed by atoms with Crippen molar-refractivity contribution in [2.24, 2.45) is 0 Å². The second kappa shape index (κ2) is 8.53. The summed E-state index contributed by atoms with van der Waals surface area (Å²) in [6.45, 7) is 4.12. The Hall–Kier alpha value is -3.05. The average molecular weight is 420 g/mol. The zero-order valence-corrected chi connectivity index (χ0v) is 17.0. The minimum atomic E-state index is -3.94. The SMILES string of the molecule is COc1ccc(F)cc1S(=O)(=O)NCCNc1cc(-n2nc(C)cc2C)ncn1. The maximum absolute atomic E-state index is 13.4. The third-order valence-corrected chi connectivity index (χ3v) is 5.50. The minimum absolute atomic E-state index is 0.0568. The van der Waals surface area contributed by atoms with Crippen LogP contribution >= 0.6 is 0 Å². The van der Waals surface area contributed by atoms with Crippen LogP contribution in [0.2, 0.25) is 0 Å². The van der Waals surface area contributed by atoms with Gasteiger partial charge < -0.3 is 10.1 Å². The summed E-state index contributed by atoms with van der Waals surface area (Å²) < 4.78 is 47.4. The summed E-state index contributed by atoms with van der Waals surface area (Å²) >= 11 is 0. The molecule has 0 aliphatic carbocycles. The third-order valence-electron chi connectivity index (χ3n) is 4.02. The number of rotatable bonds is 8. The molecule has 2 N–H and O–H groups in total. The molecule has 0 aliphatic rings. The summed E-state index contributed by atoms with van der Waals surface area (Å²) in [7, 11) is -2.61. The number of ether oxygens (including phenoxy) is 1. The van der Waals surface area contributed by atoms with Gasteiger partial charge in [-0.2, -0.15) is 5.10 Å². The molecule has 0 aliphatic heterocycles. The number of aryl methyl sites for hydroxylation is 2. The number of hydrogen-bond donors (Lipinski definition) is 2. The van der Waals surface area contributed by atoms with Crippen LogP contribution in [0, 0.1) is 19.7 Å². The molecule has 2 aromatic heterocycles. The summed E-state index contributed by atoms with van der Waals surface area (Å²) in [4.78, 5) is 8.07. The van der Waals surface area contributed by atoms with Crippen LogP contribution in [0.5, 0.6) is 5.75 Å². The van der Waals surface area contributed by atoms with E-state index in [2.05, 4.69) is 25.1 Å². The largest absolute Gasteiger partial charge is 0.495 e. The molecule has 0 unspecified atom stereocenters. The molecule has 11 heteroatoms. The molecule has 2 heterocycles. The van der Waals surface area contributed by atoms with Crippen LogP contribution in [0.4, 0.5) is 10.2 Å². The fourth-order valence-electron chi connectivity index (χ4n) is 2.73. The van der Waals surface area contributed by atoms with Crippen molar-refractivity contribution in [1.29, 1.82) is 0 Å². The zero-order chi connectivity index (χ0) is 21.0. The summed E-state index contributed by atoms with van der Waals surface area (Å²) in [6.07, 6.45) is 1.40. The van der Waals surface area contributed by atoms with E-state index in [-0.39, 0.29) is 23.7 Å². The van der Waals surface area contributed by atoms with E-state index >= 15 is 0 Å². The van der Waals surface area contributed by atoms with Gasteiger partial charge in [-0.3, -0.25) is 0 Å². The lowest BCUT2D eigenvalue weighted by atomic mass is 10.3. The summed E-state index contributed by atoms with van der Waals surface area (Å²) in [6, 6.07) is 6.96. The van der Waals surface area contributed by atoms with E-state index in [9.17, 15) is 12.8 Å². The van der Waals surface area contributed by atoms with Crippen LogP contribution in [0.15, 0.2) is 41.6 Å². The number of anilines is 1. The normalized spacial score (nSPS) is 11.4. The fraction of sp³-hybridized carbons (Fsp3) is 0.278. The Morgan fingerprint density at radius 1 is 1.14 bits per heavy atom. The van der Waals surface area contributed by atoms with E-state index in [0.29, 0.717) is 11.6 Å². The van der Waals surface area contributed by atoms with Gasteiger partial charge in [0.25, 0.3) is 0 Å². The number of nitrogens with zero attached hydrogens (tertiary/aromatic N) is 4. The topological polar surface area (TPSA) is 111 Å². The van der Waals surface area contributed by atoms with E-state index in [0.717, 1.165) is 23.5 Å². The Morgan fingerprint density at radius 3 is 2.62 bits per heavy atom. The lowest BCUT2D eigenvalue weighted by molar-refractivity contribution is 0.400. The monoisotopic (exact) mass is 420 g/mol. The molecule has 0 saturated heterocycles. The minimum Gasteiger partial charge on any atom is -0.495 e. The number of aromatic nitrogens is 4. The van der Waals surface area contributed by atoms with Crippen molar-refractivity contribution in [3.63, 3.8) is 0 Å². The molecule has 0 amide bonds. The van der Waals surface area contributed by atoms with Gasteiger partial charge in [-0.15, -0.1) is 0 Å². The van der Waals surface area contributed by atoms with Crippen LogP contribution in [0.3, 0.4) is 0 Å². The average Bonchev–Trinajstić information content (AvgIpc) is 3.03. The number of benzene rings is 1. The second-order valence-electron chi connectivity index (χ2n) is 6.22. The molecule has 9 nitrogen and oxygen atoms in total. The molecule has 3 rings (SSSR count). The highest BCUT2D eigenvalue weighted by atomic mass is 32.2. The van der Waals surface area contributed by atoms with Crippen LogP contribution in [-0.4, -0.2) is 48.4 Å². The number of methoxy groups -OCH3 is 1. The van der Waals surface area contributed by atoms with Crippen LogP contribution in [0.1, 0.15) is 11.4 Å². The van der Waals surface area contributed by atoms with Crippen molar-refractivity contribution in [3.05, 3.63) is 53.9 Å². The number of sulfonamides is 1. The first-order chi connectivity index (χ1) is 13.8. The van der Waals surface area contributed by atoms with Crippen molar-refractivity contribution >= 4 is 15.8 Å².